The van der Waals surface area contributed by atoms with Crippen LogP contribution >= 0.6 is 0 Å². The van der Waals surface area contributed by atoms with Crippen molar-refractivity contribution in [1.82, 2.24) is 16.0 Å². The highest BCUT2D eigenvalue weighted by molar-refractivity contribution is 5.99. The lowest BCUT2D eigenvalue weighted by Gasteiger charge is -2.28. The van der Waals surface area contributed by atoms with E-state index in [2.05, 4.69) is 26.3 Å². The molecule has 0 unspecified atom stereocenters. The number of rotatable bonds is 16. The second kappa shape index (κ2) is 17.8. The fraction of sp³-hybridized carbons (Fsp3) is 0.433. The Kier molecular flexibility index (Phi) is 14.2. The zero-order chi connectivity index (χ0) is 33.5. The normalized spacial score (nSPS) is 12.8. The van der Waals surface area contributed by atoms with Crippen molar-refractivity contribution in [2.75, 3.05) is 11.9 Å². The molecule has 0 aliphatic rings. The number of alkyl carbamates (subject to hydrolysis) is 1. The minimum absolute atomic E-state index is 0.0165. The number of aliphatic imine (C=N–C) groups is 1. The maximum Gasteiger partial charge on any atom is 0.408 e. The van der Waals surface area contributed by atoms with Gasteiger partial charge in [-0.2, -0.15) is 0 Å². The minimum atomic E-state index is -1.06. The molecule has 0 radical (unpaired) electrons. The molecule has 2 aromatic carbocycles. The molecule has 15 heteroatoms. The van der Waals surface area contributed by atoms with E-state index >= 15 is 0 Å². The number of nitrogens with two attached hydrogens (primary N) is 2. The van der Waals surface area contributed by atoms with E-state index in [1.54, 1.807) is 39.8 Å². The Morgan fingerprint density at radius 2 is 1.42 bits per heavy atom. The molecule has 0 aliphatic heterocycles. The molecule has 244 valence electrons. The first-order valence-electron chi connectivity index (χ1n) is 14.5. The number of carbonyl (C=O) groups excluding carboxylic acids is 4. The van der Waals surface area contributed by atoms with Crippen LogP contribution in [0.4, 0.5) is 16.2 Å². The molecule has 4 amide bonds. The van der Waals surface area contributed by atoms with Crippen LogP contribution < -0.4 is 32.7 Å². The van der Waals surface area contributed by atoms with Gasteiger partial charge in [0, 0.05) is 24.4 Å². The van der Waals surface area contributed by atoms with Crippen LogP contribution in [0.3, 0.4) is 0 Å². The van der Waals surface area contributed by atoms with Gasteiger partial charge >= 0.3 is 6.09 Å². The van der Waals surface area contributed by atoms with Gasteiger partial charge in [0.1, 0.15) is 24.7 Å². The lowest BCUT2D eigenvalue weighted by molar-refractivity contribution is -0.384. The van der Waals surface area contributed by atoms with Gasteiger partial charge in [0.2, 0.25) is 17.7 Å². The van der Waals surface area contributed by atoms with Crippen molar-refractivity contribution >= 4 is 41.1 Å². The van der Waals surface area contributed by atoms with Gasteiger partial charge < -0.3 is 37.5 Å². The van der Waals surface area contributed by atoms with E-state index in [1.807, 2.05) is 18.2 Å². The van der Waals surface area contributed by atoms with Gasteiger partial charge in [0.05, 0.1) is 4.92 Å². The van der Waals surface area contributed by atoms with Crippen molar-refractivity contribution in [3.63, 3.8) is 0 Å². The van der Waals surface area contributed by atoms with Crippen LogP contribution in [0.5, 0.6) is 0 Å². The van der Waals surface area contributed by atoms with Gasteiger partial charge in [-0.05, 0) is 42.4 Å². The van der Waals surface area contributed by atoms with Gasteiger partial charge in [-0.15, -0.1) is 0 Å². The fourth-order valence-corrected chi connectivity index (χ4v) is 4.13. The SMILES string of the molecule is CC(C)[C@H](NC(=O)OCc1ccccc1)C(=O)N[C@H](C(=O)N[C@@H](CCCN=C(N)N)C(=O)Nc1ccc([N+](=O)[O-])cc1)C(C)C. The summed E-state index contributed by atoms with van der Waals surface area (Å²) in [6, 6.07) is 11.1. The number of benzene rings is 2. The number of carbonyl (C=O) groups is 4. The van der Waals surface area contributed by atoms with Gasteiger partial charge in [0.25, 0.3) is 5.69 Å². The molecule has 0 fully saturated rings. The lowest BCUT2D eigenvalue weighted by atomic mass is 9.99. The number of amides is 4. The molecular weight excluding hydrogens is 584 g/mol. The molecule has 45 heavy (non-hydrogen) atoms. The molecule has 0 aliphatic carbocycles. The molecule has 0 aromatic heterocycles. The molecule has 8 N–H and O–H groups in total. The van der Waals surface area contributed by atoms with Crippen LogP contribution in [0.1, 0.15) is 46.1 Å². The Morgan fingerprint density at radius 3 is 1.98 bits per heavy atom. The van der Waals surface area contributed by atoms with Gasteiger partial charge in [0.15, 0.2) is 5.96 Å². The number of hydrogen-bond donors (Lipinski definition) is 6. The van der Waals surface area contributed by atoms with E-state index in [0.29, 0.717) is 6.42 Å². The molecule has 0 spiro atoms. The Labute approximate surface area is 261 Å². The van der Waals surface area contributed by atoms with E-state index in [9.17, 15) is 29.3 Å². The smallest absolute Gasteiger partial charge is 0.408 e. The van der Waals surface area contributed by atoms with Crippen molar-refractivity contribution in [2.45, 2.75) is 65.3 Å². The van der Waals surface area contributed by atoms with Crippen LogP contribution in [-0.2, 0) is 25.7 Å². The average molecular weight is 627 g/mol. The lowest BCUT2D eigenvalue weighted by Crippen LogP contribution is -2.58. The topological polar surface area (TPSA) is 233 Å². The highest BCUT2D eigenvalue weighted by Crippen LogP contribution is 2.16. The first-order valence-corrected chi connectivity index (χ1v) is 14.5. The van der Waals surface area contributed by atoms with Crippen LogP contribution in [0.15, 0.2) is 59.6 Å². The number of nitro groups is 1. The maximum atomic E-state index is 13.5. The third-order valence-corrected chi connectivity index (χ3v) is 6.61. The van der Waals surface area contributed by atoms with E-state index < -0.39 is 52.8 Å². The Morgan fingerprint density at radius 1 is 0.844 bits per heavy atom. The first kappa shape index (κ1) is 36.0. The predicted molar refractivity (Wildman–Crippen MR) is 169 cm³/mol. The maximum absolute atomic E-state index is 13.5. The Balaban J connectivity index is 2.12. The largest absolute Gasteiger partial charge is 0.445 e. The highest BCUT2D eigenvalue weighted by Gasteiger charge is 2.32. The summed E-state index contributed by atoms with van der Waals surface area (Å²) < 4.78 is 5.25. The van der Waals surface area contributed by atoms with E-state index in [4.69, 9.17) is 16.2 Å². The summed E-state index contributed by atoms with van der Waals surface area (Å²) in [6.45, 7) is 7.14. The summed E-state index contributed by atoms with van der Waals surface area (Å²) in [7, 11) is 0. The zero-order valence-corrected chi connectivity index (χ0v) is 25.8. The van der Waals surface area contributed by atoms with Crippen molar-refractivity contribution < 1.29 is 28.8 Å². The summed E-state index contributed by atoms with van der Waals surface area (Å²) in [5, 5.41) is 21.6. The third kappa shape index (κ3) is 12.5. The number of nitro benzene ring substituents is 1. The molecule has 15 nitrogen and oxygen atoms in total. The van der Waals surface area contributed by atoms with Gasteiger partial charge in [-0.1, -0.05) is 58.0 Å². The number of anilines is 1. The number of nitrogens with one attached hydrogen (secondary N) is 4. The summed E-state index contributed by atoms with van der Waals surface area (Å²) in [5.74, 6) is -2.68. The van der Waals surface area contributed by atoms with Crippen LogP contribution in [0.25, 0.3) is 0 Å². The monoisotopic (exact) mass is 626 g/mol. The van der Waals surface area contributed by atoms with Crippen LogP contribution in [0.2, 0.25) is 0 Å². The summed E-state index contributed by atoms with van der Waals surface area (Å²) >= 11 is 0. The van der Waals surface area contributed by atoms with Crippen molar-refractivity contribution in [3.8, 4) is 0 Å². The van der Waals surface area contributed by atoms with Crippen molar-refractivity contribution in [2.24, 2.45) is 28.3 Å². The average Bonchev–Trinajstić information content (AvgIpc) is 2.99. The Bertz CT molecular complexity index is 1330. The molecule has 3 atom stereocenters. The molecule has 0 saturated carbocycles. The fourth-order valence-electron chi connectivity index (χ4n) is 4.13. The van der Waals surface area contributed by atoms with E-state index in [0.717, 1.165) is 5.56 Å². The quantitative estimate of drug-likeness (QED) is 0.0526. The Hall–Kier alpha value is -5.21. The van der Waals surface area contributed by atoms with Crippen LogP contribution in [-0.4, -0.2) is 59.4 Å². The third-order valence-electron chi connectivity index (χ3n) is 6.61. The molecule has 2 aromatic rings. The number of hydrogen-bond acceptors (Lipinski definition) is 8. The molecule has 0 bridgehead atoms. The van der Waals surface area contributed by atoms with E-state index in [-0.39, 0.29) is 42.8 Å². The summed E-state index contributed by atoms with van der Waals surface area (Å²) in [6.07, 6.45) is -0.314. The van der Waals surface area contributed by atoms with Gasteiger partial charge in [-0.25, -0.2) is 4.79 Å². The molecule has 0 saturated heterocycles. The number of nitrogens with zero attached hydrogens (tertiary/aromatic N) is 2. The van der Waals surface area contributed by atoms with E-state index in [1.165, 1.54) is 24.3 Å². The van der Waals surface area contributed by atoms with Crippen molar-refractivity contribution in [1.29, 1.82) is 0 Å². The van der Waals surface area contributed by atoms with Crippen LogP contribution in [0, 0.1) is 22.0 Å². The predicted octanol–water partition coefficient (Wildman–Crippen LogP) is 2.16. The highest BCUT2D eigenvalue weighted by atomic mass is 16.6. The molecular formula is C30H42N8O7. The molecule has 0 heterocycles. The standard InChI is InChI=1S/C30H42N8O7/c1-18(2)24(36-28(41)25(19(3)4)37-30(42)45-17-20-9-6-5-7-10-20)27(40)35-23(11-8-16-33-29(31)32)26(39)34-21-12-14-22(15-13-21)38(43)44/h5-7,9-10,12-15,18-19,23-25H,8,11,16-17H2,1-4H3,(H,34,39)(H,35,40)(H,36,41)(H,37,42)(H4,31,32,33)/t23-,24-,25-/m0/s1. The number of guanidine groups is 1. The van der Waals surface area contributed by atoms with Crippen molar-refractivity contribution in [3.05, 3.63) is 70.3 Å². The second-order valence-electron chi connectivity index (χ2n) is 11.0. The second-order valence-corrected chi connectivity index (χ2v) is 11.0. The summed E-state index contributed by atoms with van der Waals surface area (Å²) in [4.78, 5) is 66.7. The minimum Gasteiger partial charge on any atom is -0.445 e. The number of ether oxygens (including phenoxy) is 1. The number of non-ortho nitro benzene ring substituents is 1. The zero-order valence-electron chi connectivity index (χ0n) is 25.8. The summed E-state index contributed by atoms with van der Waals surface area (Å²) in [5.41, 5.74) is 11.7. The molecule has 2 rings (SSSR count). The van der Waals surface area contributed by atoms with Gasteiger partial charge in [-0.3, -0.25) is 29.5 Å². The first-order chi connectivity index (χ1) is 21.3.